The first-order valence-corrected chi connectivity index (χ1v) is 8.49. The minimum absolute atomic E-state index is 0.418. The lowest BCUT2D eigenvalue weighted by atomic mass is 10.0. The SMILES string of the molecule is Cc1ccccc1-n1cc(-c2ncnc(N)c2-c2ccc(Cl)cc2)cn1. The molecule has 0 bridgehead atoms. The number of halogens is 1. The van der Waals surface area contributed by atoms with Gasteiger partial charge in [0.2, 0.25) is 0 Å². The van der Waals surface area contributed by atoms with E-state index in [0.717, 1.165) is 33.6 Å². The highest BCUT2D eigenvalue weighted by Crippen LogP contribution is 2.34. The minimum Gasteiger partial charge on any atom is -0.383 e. The molecule has 0 spiro atoms. The summed E-state index contributed by atoms with van der Waals surface area (Å²) < 4.78 is 1.84. The summed E-state index contributed by atoms with van der Waals surface area (Å²) in [5.74, 6) is 0.418. The number of aromatic nitrogens is 4. The van der Waals surface area contributed by atoms with Gasteiger partial charge in [0.15, 0.2) is 0 Å². The summed E-state index contributed by atoms with van der Waals surface area (Å²) in [6, 6.07) is 15.5. The van der Waals surface area contributed by atoms with Gasteiger partial charge in [-0.3, -0.25) is 0 Å². The molecule has 0 radical (unpaired) electrons. The van der Waals surface area contributed by atoms with E-state index in [1.807, 2.05) is 53.3 Å². The molecular weight excluding hydrogens is 346 g/mol. The number of benzene rings is 2. The van der Waals surface area contributed by atoms with Crippen LogP contribution in [0.3, 0.4) is 0 Å². The molecule has 0 saturated heterocycles. The monoisotopic (exact) mass is 361 g/mol. The summed E-state index contributed by atoms with van der Waals surface area (Å²) in [7, 11) is 0. The van der Waals surface area contributed by atoms with E-state index in [4.69, 9.17) is 17.3 Å². The number of rotatable bonds is 3. The summed E-state index contributed by atoms with van der Waals surface area (Å²) >= 11 is 6.01. The average molecular weight is 362 g/mol. The number of para-hydroxylation sites is 1. The maximum Gasteiger partial charge on any atom is 0.135 e. The summed E-state index contributed by atoms with van der Waals surface area (Å²) in [5.41, 5.74) is 11.6. The second-order valence-corrected chi connectivity index (χ2v) is 6.39. The molecule has 2 aromatic carbocycles. The Morgan fingerprint density at radius 1 is 0.962 bits per heavy atom. The van der Waals surface area contributed by atoms with Crippen LogP contribution in [0.1, 0.15) is 5.56 Å². The van der Waals surface area contributed by atoms with E-state index in [-0.39, 0.29) is 0 Å². The molecule has 0 unspecified atom stereocenters. The predicted octanol–water partition coefficient (Wildman–Crippen LogP) is 4.54. The lowest BCUT2D eigenvalue weighted by Crippen LogP contribution is -1.99. The van der Waals surface area contributed by atoms with Gasteiger partial charge in [-0.1, -0.05) is 41.9 Å². The number of nitrogens with zero attached hydrogens (tertiary/aromatic N) is 4. The topological polar surface area (TPSA) is 69.6 Å². The van der Waals surface area contributed by atoms with Gasteiger partial charge in [-0.05, 0) is 36.2 Å². The second-order valence-electron chi connectivity index (χ2n) is 5.95. The van der Waals surface area contributed by atoms with Crippen molar-refractivity contribution >= 4 is 17.4 Å². The molecule has 4 rings (SSSR count). The molecule has 0 amide bonds. The Kier molecular flexibility index (Phi) is 4.14. The van der Waals surface area contributed by atoms with E-state index in [0.29, 0.717) is 10.8 Å². The van der Waals surface area contributed by atoms with Crippen LogP contribution >= 0.6 is 11.6 Å². The van der Waals surface area contributed by atoms with Crippen molar-refractivity contribution in [2.24, 2.45) is 0 Å². The standard InChI is InChI=1S/C20H16ClN5/c1-13-4-2-3-5-17(13)26-11-15(10-25-26)19-18(20(22)24-12-23-19)14-6-8-16(21)9-7-14/h2-12H,1H3,(H2,22,23,24). The first kappa shape index (κ1) is 16.3. The van der Waals surface area contributed by atoms with Crippen LogP contribution in [0.15, 0.2) is 67.3 Å². The van der Waals surface area contributed by atoms with Crippen molar-refractivity contribution in [1.82, 2.24) is 19.7 Å². The fraction of sp³-hybridized carbons (Fsp3) is 0.0500. The van der Waals surface area contributed by atoms with Crippen LogP contribution in [0, 0.1) is 6.92 Å². The van der Waals surface area contributed by atoms with E-state index >= 15 is 0 Å². The van der Waals surface area contributed by atoms with Crippen molar-refractivity contribution in [3.63, 3.8) is 0 Å². The Hall–Kier alpha value is -3.18. The van der Waals surface area contributed by atoms with Gasteiger partial charge in [-0.25, -0.2) is 14.6 Å². The van der Waals surface area contributed by atoms with E-state index in [1.165, 1.54) is 6.33 Å². The highest BCUT2D eigenvalue weighted by molar-refractivity contribution is 6.30. The van der Waals surface area contributed by atoms with Crippen molar-refractivity contribution in [3.05, 3.63) is 77.8 Å². The largest absolute Gasteiger partial charge is 0.383 e. The van der Waals surface area contributed by atoms with Gasteiger partial charge >= 0.3 is 0 Å². The molecule has 0 saturated carbocycles. The third-order valence-electron chi connectivity index (χ3n) is 4.23. The van der Waals surface area contributed by atoms with E-state index in [2.05, 4.69) is 28.1 Å². The molecule has 0 aliphatic rings. The zero-order valence-corrected chi connectivity index (χ0v) is 14.9. The van der Waals surface area contributed by atoms with Gasteiger partial charge in [0.1, 0.15) is 12.1 Å². The molecule has 0 fully saturated rings. The van der Waals surface area contributed by atoms with Crippen molar-refractivity contribution < 1.29 is 0 Å². The van der Waals surface area contributed by atoms with Gasteiger partial charge in [0.05, 0.1) is 23.1 Å². The first-order valence-electron chi connectivity index (χ1n) is 8.11. The normalized spacial score (nSPS) is 10.8. The minimum atomic E-state index is 0.418. The second kappa shape index (κ2) is 6.61. The summed E-state index contributed by atoms with van der Waals surface area (Å²) in [6.07, 6.45) is 5.20. The number of nitrogens with two attached hydrogens (primary N) is 1. The van der Waals surface area contributed by atoms with Crippen LogP contribution < -0.4 is 5.73 Å². The number of hydrogen-bond acceptors (Lipinski definition) is 4. The molecular formula is C20H16ClN5. The average Bonchev–Trinajstić information content (AvgIpc) is 3.13. The van der Waals surface area contributed by atoms with Crippen LogP contribution in [0.2, 0.25) is 5.02 Å². The third kappa shape index (κ3) is 2.93. The maximum absolute atomic E-state index is 6.16. The molecule has 5 nitrogen and oxygen atoms in total. The smallest absolute Gasteiger partial charge is 0.135 e. The molecule has 4 aromatic rings. The van der Waals surface area contributed by atoms with Crippen LogP contribution in [-0.4, -0.2) is 19.7 Å². The van der Waals surface area contributed by atoms with Gasteiger partial charge in [0.25, 0.3) is 0 Å². The summed E-state index contributed by atoms with van der Waals surface area (Å²) in [4.78, 5) is 8.61. The maximum atomic E-state index is 6.16. The van der Waals surface area contributed by atoms with Crippen LogP contribution in [0.25, 0.3) is 28.1 Å². The molecule has 0 aliphatic heterocycles. The highest BCUT2D eigenvalue weighted by Gasteiger charge is 2.15. The van der Waals surface area contributed by atoms with Crippen LogP contribution in [0.5, 0.6) is 0 Å². The van der Waals surface area contributed by atoms with Crippen LogP contribution in [-0.2, 0) is 0 Å². The quantitative estimate of drug-likeness (QED) is 0.581. The number of nitrogen functional groups attached to an aromatic ring is 1. The molecule has 128 valence electrons. The lowest BCUT2D eigenvalue weighted by molar-refractivity contribution is 0.873. The third-order valence-corrected chi connectivity index (χ3v) is 4.48. The molecule has 2 N–H and O–H groups in total. The molecule has 6 heteroatoms. The molecule has 0 atom stereocenters. The number of anilines is 1. The molecule has 0 aliphatic carbocycles. The predicted molar refractivity (Wildman–Crippen MR) is 104 cm³/mol. The van der Waals surface area contributed by atoms with E-state index in [9.17, 15) is 0 Å². The fourth-order valence-corrected chi connectivity index (χ4v) is 3.04. The van der Waals surface area contributed by atoms with E-state index < -0.39 is 0 Å². The zero-order chi connectivity index (χ0) is 18.1. The Labute approximate surface area is 156 Å². The van der Waals surface area contributed by atoms with E-state index in [1.54, 1.807) is 6.20 Å². The van der Waals surface area contributed by atoms with Crippen molar-refractivity contribution in [2.45, 2.75) is 6.92 Å². The van der Waals surface area contributed by atoms with Gasteiger partial charge < -0.3 is 5.73 Å². The molecule has 26 heavy (non-hydrogen) atoms. The number of aryl methyl sites for hydroxylation is 1. The van der Waals surface area contributed by atoms with Gasteiger partial charge in [0, 0.05) is 16.8 Å². The van der Waals surface area contributed by atoms with Gasteiger partial charge in [-0.2, -0.15) is 5.10 Å². The Bertz CT molecular complexity index is 1070. The van der Waals surface area contributed by atoms with Crippen molar-refractivity contribution in [2.75, 3.05) is 5.73 Å². The summed E-state index contributed by atoms with van der Waals surface area (Å²) in [6.45, 7) is 2.05. The number of hydrogen-bond donors (Lipinski definition) is 1. The Morgan fingerprint density at radius 3 is 2.50 bits per heavy atom. The molecule has 2 heterocycles. The highest BCUT2D eigenvalue weighted by atomic mass is 35.5. The van der Waals surface area contributed by atoms with Crippen molar-refractivity contribution in [3.8, 4) is 28.1 Å². The first-order chi connectivity index (χ1) is 12.6. The molecule has 2 aromatic heterocycles. The zero-order valence-electron chi connectivity index (χ0n) is 14.1. The fourth-order valence-electron chi connectivity index (χ4n) is 2.92. The lowest BCUT2D eigenvalue weighted by Gasteiger charge is -2.10. The van der Waals surface area contributed by atoms with Crippen LogP contribution in [0.4, 0.5) is 5.82 Å². The van der Waals surface area contributed by atoms with Gasteiger partial charge in [-0.15, -0.1) is 0 Å². The Balaban J connectivity index is 1.84. The van der Waals surface area contributed by atoms with Crippen molar-refractivity contribution in [1.29, 1.82) is 0 Å². The summed E-state index contributed by atoms with van der Waals surface area (Å²) in [5, 5.41) is 5.16. The Morgan fingerprint density at radius 2 is 1.73 bits per heavy atom.